The first-order valence-electron chi connectivity index (χ1n) is 9.67. The third kappa shape index (κ3) is 5.39. The zero-order chi connectivity index (χ0) is 21.5. The SMILES string of the molecule is N#CC1(c2cc(CSc3ccc(OSOON)cc3)cc(Cn3cncn3)c2)CCC1. The molecule has 2 N–H and O–H groups in total. The van der Waals surface area contributed by atoms with E-state index in [4.69, 9.17) is 10.1 Å². The van der Waals surface area contributed by atoms with Gasteiger partial charge in [0.15, 0.2) is 0 Å². The predicted molar refractivity (Wildman–Crippen MR) is 117 cm³/mol. The lowest BCUT2D eigenvalue weighted by atomic mass is 9.65. The second-order valence-electron chi connectivity index (χ2n) is 7.25. The molecule has 0 aliphatic heterocycles. The zero-order valence-electron chi connectivity index (χ0n) is 16.6. The molecule has 1 aliphatic rings. The van der Waals surface area contributed by atoms with Crippen molar-refractivity contribution in [1.29, 1.82) is 5.26 Å². The molecule has 1 saturated carbocycles. The number of nitriles is 1. The summed E-state index contributed by atoms with van der Waals surface area (Å²) in [5, 5.41) is 14.0. The predicted octanol–water partition coefficient (Wildman–Crippen LogP) is 4.33. The van der Waals surface area contributed by atoms with E-state index in [0.717, 1.165) is 41.0 Å². The van der Waals surface area contributed by atoms with Crippen molar-refractivity contribution in [3.05, 3.63) is 71.8 Å². The second kappa shape index (κ2) is 10.2. The second-order valence-corrected chi connectivity index (χ2v) is 8.74. The summed E-state index contributed by atoms with van der Waals surface area (Å²) in [5.74, 6) is 6.19. The molecule has 160 valence electrons. The maximum absolute atomic E-state index is 9.82. The van der Waals surface area contributed by atoms with Crippen LogP contribution in [0.5, 0.6) is 5.75 Å². The van der Waals surface area contributed by atoms with Crippen molar-refractivity contribution >= 4 is 24.1 Å². The Morgan fingerprint density at radius 2 is 1.97 bits per heavy atom. The Balaban J connectivity index is 1.48. The Labute approximate surface area is 189 Å². The summed E-state index contributed by atoms with van der Waals surface area (Å²) in [7, 11) is 0. The molecule has 0 saturated heterocycles. The molecule has 1 aromatic heterocycles. The van der Waals surface area contributed by atoms with Crippen molar-refractivity contribution in [2.24, 2.45) is 5.90 Å². The highest BCUT2D eigenvalue weighted by Gasteiger charge is 2.39. The molecular formula is C21H21N5O3S2. The third-order valence-corrected chi connectivity index (χ3v) is 6.74. The summed E-state index contributed by atoms with van der Waals surface area (Å²) in [5.41, 5.74) is 3.06. The van der Waals surface area contributed by atoms with Gasteiger partial charge in [0.1, 0.15) is 18.4 Å². The molecule has 3 aromatic rings. The minimum absolute atomic E-state index is 0.357. The van der Waals surface area contributed by atoms with Gasteiger partial charge in [-0.2, -0.15) is 16.3 Å². The van der Waals surface area contributed by atoms with Crippen LogP contribution in [0.3, 0.4) is 0 Å². The molecule has 0 unspecified atom stereocenters. The van der Waals surface area contributed by atoms with Crippen LogP contribution in [0.2, 0.25) is 0 Å². The van der Waals surface area contributed by atoms with Crippen LogP contribution in [0.4, 0.5) is 0 Å². The summed E-state index contributed by atoms with van der Waals surface area (Å²) in [6.07, 6.45) is 6.17. The third-order valence-electron chi connectivity index (χ3n) is 5.26. The van der Waals surface area contributed by atoms with E-state index in [2.05, 4.69) is 43.7 Å². The maximum Gasteiger partial charge on any atom is 0.260 e. The average Bonchev–Trinajstić information content (AvgIpc) is 3.26. The topological polar surface area (TPSA) is 108 Å². The Kier molecular flexibility index (Phi) is 7.11. The smallest absolute Gasteiger partial charge is 0.260 e. The van der Waals surface area contributed by atoms with E-state index in [0.29, 0.717) is 24.6 Å². The molecule has 0 radical (unpaired) electrons. The molecule has 10 heteroatoms. The molecule has 1 aliphatic carbocycles. The van der Waals surface area contributed by atoms with Crippen LogP contribution in [-0.4, -0.2) is 14.8 Å². The van der Waals surface area contributed by atoms with Gasteiger partial charge in [-0.15, -0.1) is 21.1 Å². The van der Waals surface area contributed by atoms with Gasteiger partial charge in [0.2, 0.25) is 0 Å². The van der Waals surface area contributed by atoms with Crippen LogP contribution in [-0.2, 0) is 27.0 Å². The number of rotatable bonds is 10. The number of hydrogen-bond acceptors (Lipinski definition) is 9. The maximum atomic E-state index is 9.82. The Bertz CT molecular complexity index is 1030. The molecule has 4 rings (SSSR count). The van der Waals surface area contributed by atoms with Crippen LogP contribution in [0, 0.1) is 11.3 Å². The van der Waals surface area contributed by atoms with Gasteiger partial charge in [-0.3, -0.25) is 0 Å². The van der Waals surface area contributed by atoms with Crippen molar-refractivity contribution in [1.82, 2.24) is 14.8 Å². The number of benzene rings is 2. The Morgan fingerprint density at radius 1 is 1.16 bits per heavy atom. The van der Waals surface area contributed by atoms with Crippen LogP contribution in [0.25, 0.3) is 0 Å². The summed E-state index contributed by atoms with van der Waals surface area (Å²) in [6.45, 7) is 0.630. The molecule has 0 spiro atoms. The lowest BCUT2D eigenvalue weighted by Crippen LogP contribution is -2.32. The largest absolute Gasteiger partial charge is 0.399 e. The first kappa shape index (κ1) is 21.7. The summed E-state index contributed by atoms with van der Waals surface area (Å²) >= 11 is 2.37. The monoisotopic (exact) mass is 455 g/mol. The number of nitrogens with zero attached hydrogens (tertiary/aromatic N) is 4. The standard InChI is InChI=1S/C21H21N5O3S2/c22-13-21(6-1-7-21)18-9-16(11-26-15-24-14-25-26)8-17(10-18)12-30-20-4-2-19(3-5-20)27-31-29-28-23/h2-5,8-10,14-15H,1,6-7,11-12,23H2. The van der Waals surface area contributed by atoms with Crippen molar-refractivity contribution in [2.75, 3.05) is 0 Å². The number of nitrogens with two attached hydrogens (primary N) is 1. The quantitative estimate of drug-likeness (QED) is 0.157. The van der Waals surface area contributed by atoms with Gasteiger partial charge in [0.25, 0.3) is 12.3 Å². The molecule has 0 bridgehead atoms. The molecule has 0 amide bonds. The van der Waals surface area contributed by atoms with Crippen LogP contribution >= 0.6 is 24.1 Å². The molecular weight excluding hydrogens is 434 g/mol. The van der Waals surface area contributed by atoms with Gasteiger partial charge in [-0.25, -0.2) is 9.67 Å². The molecule has 1 fully saturated rings. The van der Waals surface area contributed by atoms with E-state index in [-0.39, 0.29) is 5.41 Å². The minimum atomic E-state index is -0.357. The van der Waals surface area contributed by atoms with Gasteiger partial charge in [-0.1, -0.05) is 18.2 Å². The minimum Gasteiger partial charge on any atom is -0.399 e. The van der Waals surface area contributed by atoms with E-state index >= 15 is 0 Å². The zero-order valence-corrected chi connectivity index (χ0v) is 18.3. The molecule has 2 aromatic carbocycles. The molecule has 0 atom stereocenters. The van der Waals surface area contributed by atoms with Gasteiger partial charge in [0, 0.05) is 10.6 Å². The molecule has 1 heterocycles. The first-order valence-corrected chi connectivity index (χ1v) is 11.3. The van der Waals surface area contributed by atoms with E-state index in [1.165, 1.54) is 11.9 Å². The van der Waals surface area contributed by atoms with Crippen molar-refractivity contribution < 1.29 is 13.5 Å². The number of hydrogen-bond donors (Lipinski definition) is 1. The van der Waals surface area contributed by atoms with Crippen LogP contribution < -0.4 is 10.1 Å². The highest BCUT2D eigenvalue weighted by atomic mass is 32.2. The van der Waals surface area contributed by atoms with Crippen molar-refractivity contribution in [2.45, 2.75) is 41.9 Å². The van der Waals surface area contributed by atoms with Crippen LogP contribution in [0.1, 0.15) is 36.0 Å². The van der Waals surface area contributed by atoms with E-state index < -0.39 is 0 Å². The highest BCUT2D eigenvalue weighted by Crippen LogP contribution is 2.44. The van der Waals surface area contributed by atoms with Crippen molar-refractivity contribution in [3.8, 4) is 11.8 Å². The molecule has 31 heavy (non-hydrogen) atoms. The first-order chi connectivity index (χ1) is 15.2. The lowest BCUT2D eigenvalue weighted by Gasteiger charge is -2.36. The Morgan fingerprint density at radius 3 is 2.61 bits per heavy atom. The summed E-state index contributed by atoms with van der Waals surface area (Å²) < 4.78 is 11.5. The fourth-order valence-corrected chi connectivity index (χ4v) is 4.62. The summed E-state index contributed by atoms with van der Waals surface area (Å²) in [4.78, 5) is 9.11. The fraction of sp³-hybridized carbons (Fsp3) is 0.286. The lowest BCUT2D eigenvalue weighted by molar-refractivity contribution is -0.199. The summed E-state index contributed by atoms with van der Waals surface area (Å²) in [6, 6.07) is 16.7. The number of thioether (sulfide) groups is 1. The van der Waals surface area contributed by atoms with Gasteiger partial charge >= 0.3 is 0 Å². The van der Waals surface area contributed by atoms with Gasteiger partial charge in [0.05, 0.1) is 18.0 Å². The van der Waals surface area contributed by atoms with E-state index in [9.17, 15) is 5.26 Å². The average molecular weight is 456 g/mol. The van der Waals surface area contributed by atoms with Gasteiger partial charge in [-0.05, 0) is 60.2 Å². The molecule has 8 nitrogen and oxygen atoms in total. The normalized spacial score (nSPS) is 14.6. The van der Waals surface area contributed by atoms with E-state index in [1.54, 1.807) is 22.8 Å². The van der Waals surface area contributed by atoms with Crippen LogP contribution in [0.15, 0.2) is 60.0 Å². The van der Waals surface area contributed by atoms with Gasteiger partial charge < -0.3 is 4.18 Å². The Hall–Kier alpha value is -2.55. The number of aromatic nitrogens is 3. The highest BCUT2D eigenvalue weighted by molar-refractivity contribution is 7.98. The van der Waals surface area contributed by atoms with Crippen molar-refractivity contribution in [3.63, 3.8) is 0 Å². The van der Waals surface area contributed by atoms with E-state index in [1.807, 2.05) is 24.3 Å². The fourth-order valence-electron chi connectivity index (χ4n) is 3.54.